The van der Waals surface area contributed by atoms with Crippen LogP contribution in [-0.4, -0.2) is 22.9 Å². The van der Waals surface area contributed by atoms with Gasteiger partial charge in [0.05, 0.1) is 6.54 Å². The van der Waals surface area contributed by atoms with Gasteiger partial charge in [-0.05, 0) is 32.8 Å². The van der Waals surface area contributed by atoms with Gasteiger partial charge in [0, 0.05) is 9.85 Å². The number of carbonyl (C=O) groups excluding carboxylic acids is 2. The summed E-state index contributed by atoms with van der Waals surface area (Å²) < 4.78 is 0.941. The van der Waals surface area contributed by atoms with Gasteiger partial charge in [-0.2, -0.15) is 11.3 Å². The second-order valence-corrected chi connectivity index (χ2v) is 5.94. The van der Waals surface area contributed by atoms with Gasteiger partial charge in [-0.1, -0.05) is 13.8 Å². The molecular weight excluding hydrogens is 304 g/mol. The lowest BCUT2D eigenvalue weighted by Crippen LogP contribution is -2.34. The largest absolute Gasteiger partial charge is 0.326 e. The number of halogens is 1. The van der Waals surface area contributed by atoms with Crippen molar-refractivity contribution < 1.29 is 9.59 Å². The van der Waals surface area contributed by atoms with Crippen molar-refractivity contribution in [3.05, 3.63) is 20.8 Å². The Balaban J connectivity index is 2.15. The zero-order chi connectivity index (χ0) is 12.6. The summed E-state index contributed by atoms with van der Waals surface area (Å²) >= 11 is 4.94. The van der Waals surface area contributed by atoms with Crippen LogP contribution in [0.1, 0.15) is 19.4 Å². The molecule has 0 spiro atoms. The SMILES string of the molecule is CC(C)C1NC(=O)N(Cc2cscc2Br)C1=O. The lowest BCUT2D eigenvalue weighted by atomic mass is 10.1. The predicted octanol–water partition coefficient (Wildman–Crippen LogP) is 2.59. The molecule has 1 aliphatic rings. The number of urea groups is 1. The predicted molar refractivity (Wildman–Crippen MR) is 69.7 cm³/mol. The summed E-state index contributed by atoms with van der Waals surface area (Å²) in [7, 11) is 0. The molecule has 2 heterocycles. The molecular formula is C11H13BrN2O2S. The number of amides is 3. The van der Waals surface area contributed by atoms with Gasteiger partial charge in [-0.15, -0.1) is 0 Å². The number of thiophene rings is 1. The molecule has 0 aliphatic carbocycles. The second-order valence-electron chi connectivity index (χ2n) is 4.34. The molecule has 17 heavy (non-hydrogen) atoms. The smallest absolute Gasteiger partial charge is 0.325 e. The van der Waals surface area contributed by atoms with Gasteiger partial charge in [0.15, 0.2) is 0 Å². The molecule has 4 nitrogen and oxygen atoms in total. The minimum absolute atomic E-state index is 0.113. The summed E-state index contributed by atoms with van der Waals surface area (Å²) in [5, 5.41) is 6.59. The molecule has 1 N–H and O–H groups in total. The van der Waals surface area contributed by atoms with Gasteiger partial charge in [0.2, 0.25) is 0 Å². The molecule has 1 unspecified atom stereocenters. The normalized spacial score (nSPS) is 20.2. The molecule has 0 aromatic carbocycles. The Kier molecular flexibility index (Phi) is 3.53. The molecule has 0 bridgehead atoms. The zero-order valence-corrected chi connectivity index (χ0v) is 12.0. The molecule has 1 atom stereocenters. The summed E-state index contributed by atoms with van der Waals surface area (Å²) in [5.74, 6) is -0.0227. The first-order valence-electron chi connectivity index (χ1n) is 5.33. The summed E-state index contributed by atoms with van der Waals surface area (Å²) in [4.78, 5) is 25.0. The molecule has 1 aromatic heterocycles. The Morgan fingerprint density at radius 2 is 2.18 bits per heavy atom. The highest BCUT2D eigenvalue weighted by Crippen LogP contribution is 2.24. The van der Waals surface area contributed by atoms with E-state index in [1.54, 1.807) is 11.3 Å². The van der Waals surface area contributed by atoms with E-state index < -0.39 is 0 Å². The van der Waals surface area contributed by atoms with Crippen LogP contribution in [0.15, 0.2) is 15.2 Å². The van der Waals surface area contributed by atoms with Crippen LogP contribution in [-0.2, 0) is 11.3 Å². The molecule has 0 saturated carbocycles. The Morgan fingerprint density at radius 3 is 2.65 bits per heavy atom. The van der Waals surface area contributed by atoms with Gasteiger partial charge in [-0.3, -0.25) is 9.69 Å². The molecule has 3 amide bonds. The number of imide groups is 1. The van der Waals surface area contributed by atoms with Crippen LogP contribution in [0.2, 0.25) is 0 Å². The van der Waals surface area contributed by atoms with Gasteiger partial charge < -0.3 is 5.32 Å². The highest BCUT2D eigenvalue weighted by Gasteiger charge is 2.39. The fourth-order valence-corrected chi connectivity index (χ4v) is 3.15. The fraction of sp³-hybridized carbons (Fsp3) is 0.455. The summed E-state index contributed by atoms with van der Waals surface area (Å²) in [6.45, 7) is 4.18. The number of hydrogen-bond acceptors (Lipinski definition) is 3. The minimum Gasteiger partial charge on any atom is -0.326 e. The van der Waals surface area contributed by atoms with Crippen molar-refractivity contribution in [1.82, 2.24) is 10.2 Å². The number of rotatable bonds is 3. The number of carbonyl (C=O) groups is 2. The van der Waals surface area contributed by atoms with Crippen LogP contribution in [0.25, 0.3) is 0 Å². The van der Waals surface area contributed by atoms with Crippen molar-refractivity contribution in [2.24, 2.45) is 5.92 Å². The van der Waals surface area contributed by atoms with Gasteiger partial charge >= 0.3 is 6.03 Å². The molecule has 6 heteroatoms. The number of nitrogens with one attached hydrogen (secondary N) is 1. The van der Waals surface area contributed by atoms with E-state index >= 15 is 0 Å². The molecule has 0 radical (unpaired) electrons. The summed E-state index contributed by atoms with van der Waals surface area (Å²) in [6, 6.07) is -0.688. The average Bonchev–Trinajstić information content (AvgIpc) is 2.77. The van der Waals surface area contributed by atoms with Gasteiger partial charge in [0.1, 0.15) is 6.04 Å². The lowest BCUT2D eigenvalue weighted by molar-refractivity contribution is -0.128. The molecule has 1 saturated heterocycles. The molecule has 92 valence electrons. The standard InChI is InChI=1S/C11H13BrN2O2S/c1-6(2)9-10(15)14(11(16)13-9)3-7-4-17-5-8(7)12/h4-6,9H,3H2,1-2H3,(H,13,16). The molecule has 1 fully saturated rings. The summed E-state index contributed by atoms with van der Waals surface area (Å²) in [5.41, 5.74) is 0.961. The molecule has 1 aromatic rings. The van der Waals surface area contributed by atoms with E-state index in [0.29, 0.717) is 6.54 Å². The first kappa shape index (κ1) is 12.6. The van der Waals surface area contributed by atoms with Crippen molar-refractivity contribution in [3.8, 4) is 0 Å². The van der Waals surface area contributed by atoms with Crippen molar-refractivity contribution in [3.63, 3.8) is 0 Å². The van der Waals surface area contributed by atoms with E-state index in [1.165, 1.54) is 4.90 Å². The van der Waals surface area contributed by atoms with Crippen LogP contribution in [0.5, 0.6) is 0 Å². The molecule has 1 aliphatic heterocycles. The quantitative estimate of drug-likeness (QED) is 0.871. The zero-order valence-electron chi connectivity index (χ0n) is 9.57. The van der Waals surface area contributed by atoms with E-state index in [-0.39, 0.29) is 23.9 Å². The van der Waals surface area contributed by atoms with E-state index in [4.69, 9.17) is 0 Å². The Bertz CT molecular complexity index is 458. The Morgan fingerprint density at radius 1 is 1.47 bits per heavy atom. The van der Waals surface area contributed by atoms with Crippen molar-refractivity contribution in [1.29, 1.82) is 0 Å². The number of nitrogens with zero attached hydrogens (tertiary/aromatic N) is 1. The maximum atomic E-state index is 12.0. The maximum absolute atomic E-state index is 12.0. The first-order chi connectivity index (χ1) is 8.00. The third kappa shape index (κ3) is 2.37. The average molecular weight is 317 g/mol. The highest BCUT2D eigenvalue weighted by molar-refractivity contribution is 9.10. The van der Waals surface area contributed by atoms with Crippen LogP contribution in [0, 0.1) is 5.92 Å². The third-order valence-corrected chi connectivity index (χ3v) is 4.57. The monoisotopic (exact) mass is 316 g/mol. The van der Waals surface area contributed by atoms with E-state index in [0.717, 1.165) is 10.0 Å². The van der Waals surface area contributed by atoms with Gasteiger partial charge in [0.25, 0.3) is 5.91 Å². The van der Waals surface area contributed by atoms with Crippen LogP contribution >= 0.6 is 27.3 Å². The van der Waals surface area contributed by atoms with E-state index in [2.05, 4.69) is 21.2 Å². The van der Waals surface area contributed by atoms with Crippen LogP contribution < -0.4 is 5.32 Å². The Hall–Kier alpha value is -0.880. The fourth-order valence-electron chi connectivity index (χ4n) is 1.73. The first-order valence-corrected chi connectivity index (χ1v) is 7.06. The second kappa shape index (κ2) is 4.78. The van der Waals surface area contributed by atoms with Gasteiger partial charge in [-0.25, -0.2) is 4.79 Å². The van der Waals surface area contributed by atoms with Crippen LogP contribution in [0.3, 0.4) is 0 Å². The maximum Gasteiger partial charge on any atom is 0.325 e. The topological polar surface area (TPSA) is 49.4 Å². The highest BCUT2D eigenvalue weighted by atomic mass is 79.9. The van der Waals surface area contributed by atoms with Crippen LogP contribution in [0.4, 0.5) is 4.79 Å². The van der Waals surface area contributed by atoms with Crippen molar-refractivity contribution in [2.75, 3.05) is 0 Å². The van der Waals surface area contributed by atoms with E-state index in [1.807, 2.05) is 24.6 Å². The lowest BCUT2D eigenvalue weighted by Gasteiger charge is -2.14. The molecule has 2 rings (SSSR count). The van der Waals surface area contributed by atoms with Crippen molar-refractivity contribution in [2.45, 2.75) is 26.4 Å². The third-order valence-electron chi connectivity index (χ3n) is 2.74. The minimum atomic E-state index is -0.389. The summed E-state index contributed by atoms with van der Waals surface area (Å²) in [6.07, 6.45) is 0. The van der Waals surface area contributed by atoms with E-state index in [9.17, 15) is 9.59 Å². The van der Waals surface area contributed by atoms with Crippen molar-refractivity contribution >= 4 is 39.2 Å². The number of hydrogen-bond donors (Lipinski definition) is 1. The Labute approximate surface area is 112 Å².